The van der Waals surface area contributed by atoms with Crippen LogP contribution in [0.5, 0.6) is 0 Å². The van der Waals surface area contributed by atoms with Crippen molar-refractivity contribution in [2.45, 2.75) is 51.7 Å². The van der Waals surface area contributed by atoms with Gasteiger partial charge in [0.15, 0.2) is 5.96 Å². The third-order valence-electron chi connectivity index (χ3n) is 4.72. The topological polar surface area (TPSA) is 83.0 Å². The van der Waals surface area contributed by atoms with Crippen LogP contribution >= 0.6 is 0 Å². The monoisotopic (exact) mass is 379 g/mol. The molecule has 1 aromatic rings. The Balaban J connectivity index is 1.89. The molecule has 1 fully saturated rings. The van der Waals surface area contributed by atoms with E-state index in [4.69, 9.17) is 4.74 Å². The zero-order chi connectivity index (χ0) is 19.6. The standard InChI is InChI=1S/C20H30FN3O3/c1-3-22-20(23-13-18(25)16-7-5-6-8-17(16)21)24-15-11-9-14(10-12-15)19(26)27-4-2/h5-8,14-15,18,25H,3-4,9-13H2,1-2H3,(H2,22,23,24). The molecule has 1 aliphatic rings. The van der Waals surface area contributed by atoms with Crippen LogP contribution in [-0.2, 0) is 9.53 Å². The molecule has 0 radical (unpaired) electrons. The Bertz CT molecular complexity index is 631. The molecule has 27 heavy (non-hydrogen) atoms. The van der Waals surface area contributed by atoms with Crippen LogP contribution in [0.25, 0.3) is 0 Å². The molecule has 150 valence electrons. The fraction of sp³-hybridized carbons (Fsp3) is 0.600. The lowest BCUT2D eigenvalue weighted by Gasteiger charge is -2.29. The molecule has 0 amide bonds. The molecule has 0 aromatic heterocycles. The number of nitrogens with zero attached hydrogens (tertiary/aromatic N) is 1. The van der Waals surface area contributed by atoms with Crippen molar-refractivity contribution in [3.05, 3.63) is 35.6 Å². The van der Waals surface area contributed by atoms with Crippen molar-refractivity contribution in [2.24, 2.45) is 10.9 Å². The van der Waals surface area contributed by atoms with E-state index < -0.39 is 11.9 Å². The van der Waals surface area contributed by atoms with Gasteiger partial charge < -0.3 is 20.5 Å². The van der Waals surface area contributed by atoms with E-state index in [2.05, 4.69) is 15.6 Å². The van der Waals surface area contributed by atoms with Crippen LogP contribution in [0.15, 0.2) is 29.3 Å². The number of carbonyl (C=O) groups is 1. The zero-order valence-electron chi connectivity index (χ0n) is 16.1. The normalized spacial score (nSPS) is 21.4. The summed E-state index contributed by atoms with van der Waals surface area (Å²) in [5, 5.41) is 16.7. The summed E-state index contributed by atoms with van der Waals surface area (Å²) < 4.78 is 18.9. The zero-order valence-corrected chi connectivity index (χ0v) is 16.1. The molecular weight excluding hydrogens is 349 g/mol. The summed E-state index contributed by atoms with van der Waals surface area (Å²) in [6.45, 7) is 4.94. The number of benzene rings is 1. The maximum absolute atomic E-state index is 13.8. The first-order valence-corrected chi connectivity index (χ1v) is 9.69. The number of aliphatic hydroxyl groups is 1. The molecule has 1 aliphatic carbocycles. The molecule has 1 aromatic carbocycles. The second kappa shape index (κ2) is 10.9. The molecular formula is C20H30FN3O3. The van der Waals surface area contributed by atoms with Crippen molar-refractivity contribution in [3.8, 4) is 0 Å². The largest absolute Gasteiger partial charge is 0.466 e. The molecule has 0 aliphatic heterocycles. The number of aliphatic hydroxyl groups excluding tert-OH is 1. The second-order valence-electron chi connectivity index (χ2n) is 6.70. The van der Waals surface area contributed by atoms with Crippen LogP contribution in [0, 0.1) is 11.7 Å². The van der Waals surface area contributed by atoms with E-state index in [0.29, 0.717) is 19.1 Å². The molecule has 0 saturated heterocycles. The number of guanidine groups is 1. The maximum Gasteiger partial charge on any atom is 0.308 e. The molecule has 1 saturated carbocycles. The smallest absolute Gasteiger partial charge is 0.308 e. The molecule has 1 unspecified atom stereocenters. The Morgan fingerprint density at radius 3 is 2.63 bits per heavy atom. The number of halogens is 1. The van der Waals surface area contributed by atoms with Crippen molar-refractivity contribution in [3.63, 3.8) is 0 Å². The second-order valence-corrected chi connectivity index (χ2v) is 6.70. The van der Waals surface area contributed by atoms with Crippen molar-refractivity contribution < 1.29 is 19.0 Å². The van der Waals surface area contributed by atoms with E-state index in [-0.39, 0.29) is 30.0 Å². The number of carbonyl (C=O) groups excluding carboxylic acids is 1. The summed E-state index contributed by atoms with van der Waals surface area (Å²) in [7, 11) is 0. The highest BCUT2D eigenvalue weighted by Gasteiger charge is 2.27. The summed E-state index contributed by atoms with van der Waals surface area (Å²) in [6.07, 6.45) is 2.27. The SMILES string of the molecule is CCNC(=NCC(O)c1ccccc1F)NC1CCC(C(=O)OCC)CC1. The predicted molar refractivity (Wildman–Crippen MR) is 103 cm³/mol. The van der Waals surface area contributed by atoms with Crippen molar-refractivity contribution in [2.75, 3.05) is 19.7 Å². The third kappa shape index (κ3) is 6.50. The van der Waals surface area contributed by atoms with E-state index in [1.165, 1.54) is 6.07 Å². The van der Waals surface area contributed by atoms with Crippen LogP contribution in [0.3, 0.4) is 0 Å². The van der Waals surface area contributed by atoms with Gasteiger partial charge in [-0.25, -0.2) is 4.39 Å². The molecule has 0 bridgehead atoms. The lowest BCUT2D eigenvalue weighted by atomic mass is 9.86. The number of esters is 1. The lowest BCUT2D eigenvalue weighted by molar-refractivity contribution is -0.149. The number of rotatable bonds is 7. The first-order valence-electron chi connectivity index (χ1n) is 9.69. The molecule has 0 spiro atoms. The Labute approximate surface area is 160 Å². The van der Waals surface area contributed by atoms with Crippen LogP contribution < -0.4 is 10.6 Å². The summed E-state index contributed by atoms with van der Waals surface area (Å²) in [4.78, 5) is 16.2. The van der Waals surface area contributed by atoms with Crippen molar-refractivity contribution in [1.29, 1.82) is 0 Å². The Morgan fingerprint density at radius 2 is 2.00 bits per heavy atom. The van der Waals surface area contributed by atoms with E-state index in [9.17, 15) is 14.3 Å². The van der Waals surface area contributed by atoms with Gasteiger partial charge in [0.1, 0.15) is 11.9 Å². The average Bonchev–Trinajstić information content (AvgIpc) is 2.67. The van der Waals surface area contributed by atoms with E-state index in [1.54, 1.807) is 18.2 Å². The molecule has 0 heterocycles. The minimum absolute atomic E-state index is 0.0228. The van der Waals surface area contributed by atoms with Crippen LogP contribution in [0.4, 0.5) is 4.39 Å². The van der Waals surface area contributed by atoms with Gasteiger partial charge in [0.05, 0.1) is 19.1 Å². The van der Waals surface area contributed by atoms with E-state index >= 15 is 0 Å². The summed E-state index contributed by atoms with van der Waals surface area (Å²) >= 11 is 0. The molecule has 1 atom stereocenters. The van der Waals surface area contributed by atoms with Gasteiger partial charge in [-0.2, -0.15) is 0 Å². The third-order valence-corrected chi connectivity index (χ3v) is 4.72. The predicted octanol–water partition coefficient (Wildman–Crippen LogP) is 2.54. The van der Waals surface area contributed by atoms with Gasteiger partial charge in [-0.05, 0) is 45.6 Å². The summed E-state index contributed by atoms with van der Waals surface area (Å²) in [5.41, 5.74) is 0.243. The highest BCUT2D eigenvalue weighted by molar-refractivity contribution is 5.80. The van der Waals surface area contributed by atoms with Gasteiger partial charge in [0.25, 0.3) is 0 Å². The fourth-order valence-electron chi connectivity index (χ4n) is 3.27. The Hall–Kier alpha value is -2.15. The number of aliphatic imine (C=N–C) groups is 1. The summed E-state index contributed by atoms with van der Waals surface area (Å²) in [6, 6.07) is 6.38. The highest BCUT2D eigenvalue weighted by Crippen LogP contribution is 2.25. The minimum Gasteiger partial charge on any atom is -0.466 e. The van der Waals surface area contributed by atoms with Crippen molar-refractivity contribution in [1.82, 2.24) is 10.6 Å². The Kier molecular flexibility index (Phi) is 8.51. The minimum atomic E-state index is -0.999. The molecule has 7 heteroatoms. The number of hydrogen-bond donors (Lipinski definition) is 3. The molecule has 6 nitrogen and oxygen atoms in total. The number of hydrogen-bond acceptors (Lipinski definition) is 4. The van der Waals surface area contributed by atoms with Crippen LogP contribution in [0.2, 0.25) is 0 Å². The van der Waals surface area contributed by atoms with Gasteiger partial charge >= 0.3 is 5.97 Å². The van der Waals surface area contributed by atoms with E-state index in [1.807, 2.05) is 13.8 Å². The first kappa shape index (κ1) is 21.2. The fourth-order valence-corrected chi connectivity index (χ4v) is 3.27. The van der Waals surface area contributed by atoms with Gasteiger partial charge in [0, 0.05) is 18.2 Å². The average molecular weight is 379 g/mol. The van der Waals surface area contributed by atoms with Crippen LogP contribution in [-0.4, -0.2) is 42.8 Å². The van der Waals surface area contributed by atoms with Gasteiger partial charge in [-0.3, -0.25) is 9.79 Å². The quantitative estimate of drug-likeness (QED) is 0.385. The van der Waals surface area contributed by atoms with Crippen molar-refractivity contribution >= 4 is 11.9 Å². The van der Waals surface area contributed by atoms with E-state index in [0.717, 1.165) is 25.7 Å². The summed E-state index contributed by atoms with van der Waals surface area (Å²) in [5.74, 6) is 0.0258. The molecule has 2 rings (SSSR count). The Morgan fingerprint density at radius 1 is 1.30 bits per heavy atom. The van der Waals surface area contributed by atoms with Gasteiger partial charge in [0.2, 0.25) is 0 Å². The van der Waals surface area contributed by atoms with Gasteiger partial charge in [-0.15, -0.1) is 0 Å². The number of ether oxygens (including phenoxy) is 1. The highest BCUT2D eigenvalue weighted by atomic mass is 19.1. The lowest BCUT2D eigenvalue weighted by Crippen LogP contribution is -2.45. The van der Waals surface area contributed by atoms with Crippen LogP contribution in [0.1, 0.15) is 51.2 Å². The van der Waals surface area contributed by atoms with Gasteiger partial charge in [-0.1, -0.05) is 18.2 Å². The number of nitrogens with one attached hydrogen (secondary N) is 2. The maximum atomic E-state index is 13.8. The first-order chi connectivity index (χ1) is 13.0. The molecule has 3 N–H and O–H groups in total.